The SMILES string of the molecule is N#Cc1nc(NCC(c2ccccc2)c2ccccc2)ccc1[N+](=O)[O-]. The molecule has 26 heavy (non-hydrogen) atoms. The van der Waals surface area contributed by atoms with E-state index in [9.17, 15) is 10.1 Å². The number of benzene rings is 2. The summed E-state index contributed by atoms with van der Waals surface area (Å²) < 4.78 is 0. The van der Waals surface area contributed by atoms with Gasteiger partial charge < -0.3 is 5.32 Å². The van der Waals surface area contributed by atoms with E-state index in [1.54, 1.807) is 6.07 Å². The Morgan fingerprint density at radius 2 is 1.58 bits per heavy atom. The summed E-state index contributed by atoms with van der Waals surface area (Å²) in [6.07, 6.45) is 0. The van der Waals surface area contributed by atoms with E-state index in [4.69, 9.17) is 5.26 Å². The van der Waals surface area contributed by atoms with Crippen molar-refractivity contribution in [2.24, 2.45) is 0 Å². The van der Waals surface area contributed by atoms with Crippen LogP contribution in [0.1, 0.15) is 22.7 Å². The highest BCUT2D eigenvalue weighted by atomic mass is 16.6. The molecule has 0 amide bonds. The predicted molar refractivity (Wildman–Crippen MR) is 98.8 cm³/mol. The van der Waals surface area contributed by atoms with E-state index < -0.39 is 4.92 Å². The molecule has 0 aliphatic rings. The second-order valence-corrected chi connectivity index (χ2v) is 5.69. The summed E-state index contributed by atoms with van der Waals surface area (Å²) in [5.74, 6) is 0.518. The smallest absolute Gasteiger partial charge is 0.305 e. The van der Waals surface area contributed by atoms with Gasteiger partial charge in [-0.25, -0.2) is 4.98 Å². The van der Waals surface area contributed by atoms with Crippen molar-refractivity contribution in [2.45, 2.75) is 5.92 Å². The molecule has 1 N–H and O–H groups in total. The zero-order valence-electron chi connectivity index (χ0n) is 13.9. The molecule has 0 atom stereocenters. The van der Waals surface area contributed by atoms with E-state index in [2.05, 4.69) is 34.6 Å². The van der Waals surface area contributed by atoms with E-state index in [1.165, 1.54) is 12.1 Å². The van der Waals surface area contributed by atoms with Crippen LogP contribution in [0.25, 0.3) is 0 Å². The summed E-state index contributed by atoms with van der Waals surface area (Å²) in [4.78, 5) is 14.4. The van der Waals surface area contributed by atoms with Crippen LogP contribution < -0.4 is 5.32 Å². The summed E-state index contributed by atoms with van der Waals surface area (Å²) in [7, 11) is 0. The molecule has 0 saturated heterocycles. The molecule has 0 aliphatic heterocycles. The number of nitrogens with one attached hydrogen (secondary N) is 1. The van der Waals surface area contributed by atoms with Crippen molar-refractivity contribution in [3.63, 3.8) is 0 Å². The van der Waals surface area contributed by atoms with E-state index in [0.717, 1.165) is 11.1 Å². The van der Waals surface area contributed by atoms with Gasteiger partial charge in [-0.15, -0.1) is 0 Å². The molecule has 128 valence electrons. The van der Waals surface area contributed by atoms with Gasteiger partial charge in [0.15, 0.2) is 0 Å². The zero-order valence-corrected chi connectivity index (χ0v) is 13.9. The number of rotatable bonds is 6. The number of hydrogen-bond acceptors (Lipinski definition) is 5. The number of nitrogens with zero attached hydrogens (tertiary/aromatic N) is 3. The Hall–Kier alpha value is -3.72. The molecule has 0 spiro atoms. The van der Waals surface area contributed by atoms with Crippen LogP contribution in [0.15, 0.2) is 72.8 Å². The van der Waals surface area contributed by atoms with Gasteiger partial charge in [0.25, 0.3) is 0 Å². The minimum absolute atomic E-state index is 0.0833. The highest BCUT2D eigenvalue weighted by Gasteiger charge is 2.17. The van der Waals surface area contributed by atoms with E-state index in [1.807, 2.05) is 36.4 Å². The van der Waals surface area contributed by atoms with E-state index in [0.29, 0.717) is 12.4 Å². The van der Waals surface area contributed by atoms with Gasteiger partial charge in [-0.1, -0.05) is 60.7 Å². The van der Waals surface area contributed by atoms with Gasteiger partial charge in [-0.2, -0.15) is 5.26 Å². The van der Waals surface area contributed by atoms with Crippen LogP contribution in [0.5, 0.6) is 0 Å². The van der Waals surface area contributed by atoms with Crippen LogP contribution >= 0.6 is 0 Å². The Morgan fingerprint density at radius 3 is 2.08 bits per heavy atom. The highest BCUT2D eigenvalue weighted by Crippen LogP contribution is 2.25. The fourth-order valence-electron chi connectivity index (χ4n) is 2.79. The van der Waals surface area contributed by atoms with Crippen molar-refractivity contribution in [3.8, 4) is 6.07 Å². The normalized spacial score (nSPS) is 10.3. The highest BCUT2D eigenvalue weighted by molar-refractivity contribution is 5.51. The maximum atomic E-state index is 10.9. The predicted octanol–water partition coefficient (Wildman–Crippen LogP) is 4.11. The molecule has 0 bridgehead atoms. The minimum atomic E-state index is -0.605. The molecule has 3 aromatic rings. The lowest BCUT2D eigenvalue weighted by molar-refractivity contribution is -0.385. The number of aromatic nitrogens is 1. The minimum Gasteiger partial charge on any atom is -0.369 e. The number of hydrogen-bond donors (Lipinski definition) is 1. The Morgan fingerprint density at radius 1 is 1.00 bits per heavy atom. The monoisotopic (exact) mass is 344 g/mol. The van der Waals surface area contributed by atoms with Crippen LogP contribution in [-0.4, -0.2) is 16.5 Å². The third-order valence-electron chi connectivity index (χ3n) is 4.07. The molecule has 6 heteroatoms. The maximum Gasteiger partial charge on any atom is 0.305 e. The van der Waals surface area contributed by atoms with E-state index in [-0.39, 0.29) is 17.3 Å². The van der Waals surface area contributed by atoms with Crippen molar-refractivity contribution < 1.29 is 4.92 Å². The van der Waals surface area contributed by atoms with Gasteiger partial charge in [0, 0.05) is 18.5 Å². The number of anilines is 1. The number of nitriles is 1. The topological polar surface area (TPSA) is 91.8 Å². The molecule has 1 aromatic heterocycles. The van der Waals surface area contributed by atoms with Crippen molar-refractivity contribution in [2.75, 3.05) is 11.9 Å². The number of pyridine rings is 1. The van der Waals surface area contributed by atoms with Crippen LogP contribution in [0.3, 0.4) is 0 Å². The molecule has 2 aromatic carbocycles. The van der Waals surface area contributed by atoms with Crippen molar-refractivity contribution >= 4 is 11.5 Å². The molecule has 0 aliphatic carbocycles. The van der Waals surface area contributed by atoms with Gasteiger partial charge in [-0.05, 0) is 17.2 Å². The van der Waals surface area contributed by atoms with Gasteiger partial charge in [-0.3, -0.25) is 10.1 Å². The summed E-state index contributed by atoms with van der Waals surface area (Å²) in [5.41, 5.74) is 1.80. The summed E-state index contributed by atoms with van der Waals surface area (Å²) >= 11 is 0. The van der Waals surface area contributed by atoms with Crippen molar-refractivity contribution in [1.82, 2.24) is 4.98 Å². The summed E-state index contributed by atoms with van der Waals surface area (Å²) in [6, 6.07) is 24.7. The van der Waals surface area contributed by atoms with Crippen LogP contribution in [0, 0.1) is 21.4 Å². The molecule has 0 saturated carbocycles. The van der Waals surface area contributed by atoms with Gasteiger partial charge in [0.05, 0.1) is 4.92 Å². The molecule has 1 heterocycles. The molecule has 0 radical (unpaired) electrons. The molecule has 0 fully saturated rings. The lowest BCUT2D eigenvalue weighted by Gasteiger charge is -2.19. The third kappa shape index (κ3) is 3.84. The first-order valence-corrected chi connectivity index (χ1v) is 8.08. The third-order valence-corrected chi connectivity index (χ3v) is 4.07. The van der Waals surface area contributed by atoms with Crippen LogP contribution in [-0.2, 0) is 0 Å². The Labute approximate surface area is 150 Å². The molecular formula is C20H16N4O2. The fraction of sp³-hybridized carbons (Fsp3) is 0.100. The lowest BCUT2D eigenvalue weighted by atomic mass is 9.91. The first kappa shape index (κ1) is 17.1. The average molecular weight is 344 g/mol. The first-order chi connectivity index (χ1) is 12.7. The Bertz CT molecular complexity index is 898. The maximum absolute atomic E-state index is 10.9. The average Bonchev–Trinajstić information content (AvgIpc) is 2.69. The molecule has 0 unspecified atom stereocenters. The lowest BCUT2D eigenvalue weighted by Crippen LogP contribution is -2.15. The zero-order chi connectivity index (χ0) is 18.4. The molecular weight excluding hydrogens is 328 g/mol. The largest absolute Gasteiger partial charge is 0.369 e. The number of nitro groups is 1. The molecule has 3 rings (SSSR count). The van der Waals surface area contributed by atoms with Crippen LogP contribution in [0.4, 0.5) is 11.5 Å². The fourth-order valence-corrected chi connectivity index (χ4v) is 2.79. The van der Waals surface area contributed by atoms with Gasteiger partial charge >= 0.3 is 5.69 Å². The Balaban J connectivity index is 1.85. The second-order valence-electron chi connectivity index (χ2n) is 5.69. The van der Waals surface area contributed by atoms with Crippen molar-refractivity contribution in [1.29, 1.82) is 5.26 Å². The van der Waals surface area contributed by atoms with E-state index >= 15 is 0 Å². The first-order valence-electron chi connectivity index (χ1n) is 8.08. The second kappa shape index (κ2) is 7.90. The molecule has 6 nitrogen and oxygen atoms in total. The van der Waals surface area contributed by atoms with Crippen LogP contribution in [0.2, 0.25) is 0 Å². The van der Waals surface area contributed by atoms with Gasteiger partial charge in [0.2, 0.25) is 5.69 Å². The quantitative estimate of drug-likeness (QED) is 0.537. The summed E-state index contributed by atoms with van der Waals surface area (Å²) in [5, 5.41) is 23.2. The van der Waals surface area contributed by atoms with Crippen molar-refractivity contribution in [3.05, 3.63) is 99.7 Å². The summed E-state index contributed by atoms with van der Waals surface area (Å²) in [6.45, 7) is 0.545. The van der Waals surface area contributed by atoms with Gasteiger partial charge in [0.1, 0.15) is 11.9 Å². The Kier molecular flexibility index (Phi) is 5.20. The standard InChI is InChI=1S/C20H16N4O2/c21-13-18-19(24(25)26)11-12-20(23-18)22-14-17(15-7-3-1-4-8-15)16-9-5-2-6-10-16/h1-12,17H,14H2,(H,22,23).